The van der Waals surface area contributed by atoms with Gasteiger partial charge in [-0.15, -0.1) is 0 Å². The molecule has 0 atom stereocenters. The molecule has 5 nitrogen and oxygen atoms in total. The van der Waals surface area contributed by atoms with Gasteiger partial charge in [0.05, 0.1) is 17.7 Å². The molecule has 0 aliphatic heterocycles. The van der Waals surface area contributed by atoms with Crippen molar-refractivity contribution in [2.45, 2.75) is 59.4 Å². The van der Waals surface area contributed by atoms with Crippen molar-refractivity contribution in [3.05, 3.63) is 33.3 Å². The maximum atomic E-state index is 12.2. The van der Waals surface area contributed by atoms with Gasteiger partial charge in [-0.25, -0.2) is 9.59 Å². The van der Waals surface area contributed by atoms with E-state index in [2.05, 4.69) is 15.9 Å². The minimum atomic E-state index is -0.653. The lowest BCUT2D eigenvalue weighted by molar-refractivity contribution is 0.00487. The number of carbonyl (C=O) groups is 2. The van der Waals surface area contributed by atoms with Crippen molar-refractivity contribution in [1.82, 2.24) is 0 Å². The van der Waals surface area contributed by atoms with Crippen LogP contribution in [0.3, 0.4) is 0 Å². The van der Waals surface area contributed by atoms with Crippen LogP contribution in [0.15, 0.2) is 16.6 Å². The quantitative estimate of drug-likeness (QED) is 0.798. The molecule has 1 aromatic rings. The van der Waals surface area contributed by atoms with Crippen LogP contribution in [0.2, 0.25) is 0 Å². The second-order valence-corrected chi connectivity index (χ2v) is 8.01. The number of halogens is 1. The highest BCUT2D eigenvalue weighted by atomic mass is 79.9. The van der Waals surface area contributed by atoms with Gasteiger partial charge in [0, 0.05) is 4.47 Å². The summed E-state index contributed by atoms with van der Waals surface area (Å²) in [5, 5.41) is 9.52. The van der Waals surface area contributed by atoms with E-state index in [4.69, 9.17) is 9.47 Å². The summed E-state index contributed by atoms with van der Waals surface area (Å²) in [6, 6.07) is 2.91. The number of ether oxygens (including phenoxy) is 2. The minimum Gasteiger partial charge on any atom is -0.456 e. The molecule has 6 heteroatoms. The summed E-state index contributed by atoms with van der Waals surface area (Å²) in [5.74, 6) is -1.09. The van der Waals surface area contributed by atoms with E-state index in [-0.39, 0.29) is 11.1 Å². The Kier molecular flexibility index (Phi) is 5.99. The van der Waals surface area contributed by atoms with E-state index in [1.165, 1.54) is 12.1 Å². The van der Waals surface area contributed by atoms with Crippen LogP contribution in [-0.2, 0) is 16.1 Å². The molecule has 0 fully saturated rings. The number of esters is 2. The van der Waals surface area contributed by atoms with Crippen molar-refractivity contribution in [2.24, 2.45) is 0 Å². The zero-order valence-corrected chi connectivity index (χ0v) is 15.9. The Labute approximate surface area is 145 Å². The van der Waals surface area contributed by atoms with Gasteiger partial charge >= 0.3 is 11.9 Å². The molecule has 0 radical (unpaired) electrons. The van der Waals surface area contributed by atoms with Gasteiger partial charge in [-0.3, -0.25) is 0 Å². The Balaban J connectivity index is 3.22. The van der Waals surface area contributed by atoms with E-state index < -0.39 is 29.7 Å². The van der Waals surface area contributed by atoms with E-state index >= 15 is 0 Å². The van der Waals surface area contributed by atoms with Gasteiger partial charge in [-0.2, -0.15) is 0 Å². The number of hydrogen-bond donors (Lipinski definition) is 1. The summed E-state index contributed by atoms with van der Waals surface area (Å²) in [6.07, 6.45) is 0. The molecular weight excluding hydrogens is 364 g/mol. The third-order valence-corrected chi connectivity index (χ3v) is 3.26. The summed E-state index contributed by atoms with van der Waals surface area (Å²) in [7, 11) is 0. The highest BCUT2D eigenvalue weighted by molar-refractivity contribution is 9.10. The number of hydrogen-bond acceptors (Lipinski definition) is 5. The number of rotatable bonds is 3. The fraction of sp³-hybridized carbons (Fsp3) is 0.529. The first-order chi connectivity index (χ1) is 10.3. The first-order valence-corrected chi connectivity index (χ1v) is 8.03. The Morgan fingerprint density at radius 2 is 1.39 bits per heavy atom. The molecule has 128 valence electrons. The molecule has 1 rings (SSSR count). The second-order valence-electron chi connectivity index (χ2n) is 7.15. The van der Waals surface area contributed by atoms with Crippen molar-refractivity contribution in [2.75, 3.05) is 0 Å². The first-order valence-electron chi connectivity index (χ1n) is 7.24. The van der Waals surface area contributed by atoms with Crippen molar-refractivity contribution in [3.8, 4) is 0 Å². The van der Waals surface area contributed by atoms with Crippen LogP contribution in [0.5, 0.6) is 0 Å². The zero-order valence-electron chi connectivity index (χ0n) is 14.3. The van der Waals surface area contributed by atoms with E-state index in [1.54, 1.807) is 41.5 Å². The van der Waals surface area contributed by atoms with Gasteiger partial charge in [-0.05, 0) is 75.2 Å². The second kappa shape index (κ2) is 7.01. The van der Waals surface area contributed by atoms with Crippen LogP contribution in [-0.4, -0.2) is 28.2 Å². The lowest BCUT2D eigenvalue weighted by Gasteiger charge is -2.22. The van der Waals surface area contributed by atoms with Crippen molar-refractivity contribution in [1.29, 1.82) is 0 Å². The summed E-state index contributed by atoms with van der Waals surface area (Å²) >= 11 is 3.28. The monoisotopic (exact) mass is 386 g/mol. The fourth-order valence-electron chi connectivity index (χ4n) is 1.76. The number of benzene rings is 1. The Bertz CT molecular complexity index is 609. The van der Waals surface area contributed by atoms with Crippen LogP contribution >= 0.6 is 15.9 Å². The molecule has 0 heterocycles. The third kappa shape index (κ3) is 5.95. The van der Waals surface area contributed by atoms with E-state index in [1.807, 2.05) is 0 Å². The fourth-order valence-corrected chi connectivity index (χ4v) is 2.27. The van der Waals surface area contributed by atoms with Crippen LogP contribution in [0.25, 0.3) is 0 Å². The van der Waals surface area contributed by atoms with Gasteiger partial charge in [0.1, 0.15) is 11.2 Å². The topological polar surface area (TPSA) is 72.8 Å². The van der Waals surface area contributed by atoms with Crippen LogP contribution < -0.4 is 0 Å². The smallest absolute Gasteiger partial charge is 0.339 e. The molecule has 0 unspecified atom stereocenters. The standard InChI is InChI=1S/C17H23BrO5/c1-16(2,3)22-14(20)11-8-13(18)12(7-10(11)9-19)15(21)23-17(4,5)6/h7-8,19H,9H2,1-6H3. The predicted molar refractivity (Wildman–Crippen MR) is 90.4 cm³/mol. The normalized spacial score (nSPS) is 12.0. The Morgan fingerprint density at radius 1 is 0.957 bits per heavy atom. The van der Waals surface area contributed by atoms with E-state index in [0.29, 0.717) is 10.0 Å². The average Bonchev–Trinajstić information content (AvgIpc) is 2.34. The number of carbonyl (C=O) groups excluding carboxylic acids is 2. The maximum absolute atomic E-state index is 12.2. The maximum Gasteiger partial charge on any atom is 0.339 e. The van der Waals surface area contributed by atoms with Gasteiger partial charge in [0.15, 0.2) is 0 Å². The predicted octanol–water partition coefficient (Wildman–Crippen LogP) is 3.85. The van der Waals surface area contributed by atoms with Crippen LogP contribution in [0, 0.1) is 0 Å². The average molecular weight is 387 g/mol. The zero-order chi connectivity index (χ0) is 18.0. The van der Waals surface area contributed by atoms with Crippen LogP contribution in [0.1, 0.15) is 67.8 Å². The van der Waals surface area contributed by atoms with E-state index in [0.717, 1.165) is 0 Å². The lowest BCUT2D eigenvalue weighted by atomic mass is 10.0. The molecule has 0 aliphatic rings. The molecule has 0 amide bonds. The number of aliphatic hydroxyl groups excluding tert-OH is 1. The summed E-state index contributed by atoms with van der Waals surface area (Å²) in [5.41, 5.74) is -0.527. The van der Waals surface area contributed by atoms with E-state index in [9.17, 15) is 14.7 Å². The van der Waals surface area contributed by atoms with Gasteiger partial charge < -0.3 is 14.6 Å². The molecule has 0 saturated heterocycles. The third-order valence-electron chi connectivity index (χ3n) is 2.60. The molecule has 0 saturated carbocycles. The van der Waals surface area contributed by atoms with Gasteiger partial charge in [0.25, 0.3) is 0 Å². The largest absolute Gasteiger partial charge is 0.456 e. The molecule has 0 aliphatic carbocycles. The van der Waals surface area contributed by atoms with Crippen LogP contribution in [0.4, 0.5) is 0 Å². The summed E-state index contributed by atoms with van der Waals surface area (Å²) < 4.78 is 11.0. The Hall–Kier alpha value is -1.40. The molecule has 1 aromatic carbocycles. The molecule has 23 heavy (non-hydrogen) atoms. The molecule has 0 bridgehead atoms. The molecular formula is C17H23BrO5. The highest BCUT2D eigenvalue weighted by Crippen LogP contribution is 2.26. The SMILES string of the molecule is CC(C)(C)OC(=O)c1cc(CO)c(C(=O)OC(C)(C)C)cc1Br. The Morgan fingerprint density at radius 3 is 1.78 bits per heavy atom. The molecule has 0 spiro atoms. The number of aliphatic hydroxyl groups is 1. The minimum absolute atomic E-state index is 0.210. The van der Waals surface area contributed by atoms with Crippen molar-refractivity contribution < 1.29 is 24.2 Å². The van der Waals surface area contributed by atoms with Crippen molar-refractivity contribution in [3.63, 3.8) is 0 Å². The molecule has 0 aromatic heterocycles. The van der Waals surface area contributed by atoms with Gasteiger partial charge in [0.2, 0.25) is 0 Å². The summed E-state index contributed by atoms with van der Waals surface area (Å²) in [4.78, 5) is 24.4. The highest BCUT2D eigenvalue weighted by Gasteiger charge is 2.25. The summed E-state index contributed by atoms with van der Waals surface area (Å²) in [6.45, 7) is 10.2. The first kappa shape index (κ1) is 19.6. The van der Waals surface area contributed by atoms with Crippen molar-refractivity contribution >= 4 is 27.9 Å². The van der Waals surface area contributed by atoms with Gasteiger partial charge in [-0.1, -0.05) is 0 Å². The molecule has 1 N–H and O–H groups in total. The lowest BCUT2D eigenvalue weighted by Crippen LogP contribution is -2.26.